The second kappa shape index (κ2) is 11.8. The highest BCUT2D eigenvalue weighted by molar-refractivity contribution is 4.67. The number of imidazole rings is 1. The zero-order chi connectivity index (χ0) is 15.3. The number of hydrogen-bond acceptors (Lipinski definition) is 2. The number of nitrogens with one attached hydrogen (secondary N) is 1. The first-order valence-electron chi connectivity index (χ1n) is 8.69. The minimum atomic E-state index is -0.202. The number of unbranched alkanes of at least 4 members (excludes halogenated alkanes) is 4. The Balaban J connectivity index is 2.06. The van der Waals surface area contributed by atoms with E-state index >= 15 is 0 Å². The maximum absolute atomic E-state index is 9.44. The average molecular weight is 296 g/mol. The topological polar surface area (TPSA) is 41.1 Å². The van der Waals surface area contributed by atoms with E-state index in [9.17, 15) is 5.11 Å². The summed E-state index contributed by atoms with van der Waals surface area (Å²) in [6.07, 6.45) is 14.9. The smallest absolute Gasteiger partial charge is 0.243 e. The van der Waals surface area contributed by atoms with Gasteiger partial charge in [0, 0.05) is 6.54 Å². The molecule has 1 atom stereocenters. The average Bonchev–Trinajstić information content (AvgIpc) is 2.94. The van der Waals surface area contributed by atoms with Crippen LogP contribution in [0, 0.1) is 0 Å². The summed E-state index contributed by atoms with van der Waals surface area (Å²) in [7, 11) is 0. The van der Waals surface area contributed by atoms with Gasteiger partial charge in [0.1, 0.15) is 12.4 Å². The van der Waals surface area contributed by atoms with Gasteiger partial charge in [0.25, 0.3) is 0 Å². The molecule has 0 aliphatic heterocycles. The molecule has 1 aromatic rings. The van der Waals surface area contributed by atoms with Crippen molar-refractivity contribution in [3.05, 3.63) is 18.7 Å². The lowest BCUT2D eigenvalue weighted by molar-refractivity contribution is -0.696. The lowest BCUT2D eigenvalue weighted by Crippen LogP contribution is -2.31. The van der Waals surface area contributed by atoms with Gasteiger partial charge >= 0.3 is 0 Å². The van der Waals surface area contributed by atoms with E-state index in [2.05, 4.69) is 40.1 Å². The quantitative estimate of drug-likeness (QED) is 0.434. The molecule has 2 N–H and O–H groups in total. The van der Waals surface area contributed by atoms with E-state index in [0.29, 0.717) is 6.54 Å². The molecule has 0 aromatic carbocycles. The fourth-order valence-corrected chi connectivity index (χ4v) is 2.40. The third kappa shape index (κ3) is 8.89. The van der Waals surface area contributed by atoms with E-state index < -0.39 is 0 Å². The van der Waals surface area contributed by atoms with Crippen LogP contribution in [0.15, 0.2) is 18.7 Å². The Labute approximate surface area is 130 Å². The molecule has 0 fully saturated rings. The van der Waals surface area contributed by atoms with Gasteiger partial charge in [0.05, 0.1) is 19.2 Å². The highest BCUT2D eigenvalue weighted by Crippen LogP contribution is 2.02. The first-order valence-corrected chi connectivity index (χ1v) is 8.69. The van der Waals surface area contributed by atoms with E-state index in [1.165, 1.54) is 32.1 Å². The maximum atomic E-state index is 9.44. The van der Waals surface area contributed by atoms with Gasteiger partial charge in [-0.05, 0) is 32.2 Å². The van der Waals surface area contributed by atoms with Crippen molar-refractivity contribution in [2.45, 2.75) is 78.0 Å². The number of aryl methyl sites for hydroxylation is 2. The first-order chi connectivity index (χ1) is 10.3. The summed E-state index contributed by atoms with van der Waals surface area (Å²) in [4.78, 5) is 0. The van der Waals surface area contributed by atoms with Gasteiger partial charge in [-0.3, -0.25) is 0 Å². The van der Waals surface area contributed by atoms with Crippen molar-refractivity contribution in [3.63, 3.8) is 0 Å². The standard InChI is InChI=1S/C17H34N3O/c1-3-5-6-7-8-11-19-13-14-20(16-19)12-9-10-18-15-17(21)4-2/h13-14,16-18,21H,3-12,15H2,1-2H3/q+1. The van der Waals surface area contributed by atoms with E-state index in [0.717, 1.165) is 32.5 Å². The van der Waals surface area contributed by atoms with E-state index in [-0.39, 0.29) is 6.10 Å². The zero-order valence-electron chi connectivity index (χ0n) is 13.9. The van der Waals surface area contributed by atoms with Crippen molar-refractivity contribution in [1.82, 2.24) is 9.88 Å². The first kappa shape index (κ1) is 18.2. The Bertz CT molecular complexity index is 352. The predicted octanol–water partition coefficient (Wildman–Crippen LogP) is 2.50. The summed E-state index contributed by atoms with van der Waals surface area (Å²) in [5, 5.41) is 12.7. The Morgan fingerprint density at radius 2 is 1.95 bits per heavy atom. The van der Waals surface area contributed by atoms with Crippen LogP contribution in [0.2, 0.25) is 0 Å². The van der Waals surface area contributed by atoms with Gasteiger partial charge < -0.3 is 10.4 Å². The van der Waals surface area contributed by atoms with Crippen LogP contribution in [0.4, 0.5) is 0 Å². The van der Waals surface area contributed by atoms with Gasteiger partial charge in [0.2, 0.25) is 6.33 Å². The molecule has 21 heavy (non-hydrogen) atoms. The fourth-order valence-electron chi connectivity index (χ4n) is 2.40. The maximum Gasteiger partial charge on any atom is 0.243 e. The molecule has 1 heterocycles. The third-order valence-electron chi connectivity index (χ3n) is 3.89. The predicted molar refractivity (Wildman–Crippen MR) is 87.2 cm³/mol. The molecule has 0 saturated heterocycles. The summed E-state index contributed by atoms with van der Waals surface area (Å²) >= 11 is 0. The summed E-state index contributed by atoms with van der Waals surface area (Å²) in [5.41, 5.74) is 0. The minimum Gasteiger partial charge on any atom is -0.392 e. The number of aliphatic hydroxyl groups is 1. The van der Waals surface area contributed by atoms with Crippen LogP contribution >= 0.6 is 0 Å². The lowest BCUT2D eigenvalue weighted by Gasteiger charge is -2.08. The number of rotatable bonds is 13. The van der Waals surface area contributed by atoms with Crippen molar-refractivity contribution in [2.24, 2.45) is 0 Å². The Morgan fingerprint density at radius 3 is 2.71 bits per heavy atom. The molecule has 4 heteroatoms. The van der Waals surface area contributed by atoms with Gasteiger partial charge in [-0.15, -0.1) is 0 Å². The highest BCUT2D eigenvalue weighted by Gasteiger charge is 2.04. The van der Waals surface area contributed by atoms with Crippen LogP contribution in [0.3, 0.4) is 0 Å². The van der Waals surface area contributed by atoms with E-state index in [4.69, 9.17) is 0 Å². The molecular weight excluding hydrogens is 262 g/mol. The van der Waals surface area contributed by atoms with Gasteiger partial charge in [-0.2, -0.15) is 0 Å². The molecule has 0 radical (unpaired) electrons. The number of aromatic nitrogens is 2. The summed E-state index contributed by atoms with van der Waals surface area (Å²) in [5.74, 6) is 0. The minimum absolute atomic E-state index is 0.202. The van der Waals surface area contributed by atoms with E-state index in [1.807, 2.05) is 6.92 Å². The molecule has 1 rings (SSSR count). The molecular formula is C17H34N3O+. The van der Waals surface area contributed by atoms with Crippen LogP contribution in [-0.4, -0.2) is 28.9 Å². The summed E-state index contributed by atoms with van der Waals surface area (Å²) in [6, 6.07) is 0. The SMILES string of the molecule is CCCCCCC[n+]1ccn(CCCNCC(O)CC)c1. The van der Waals surface area contributed by atoms with Gasteiger partial charge in [0.15, 0.2) is 0 Å². The number of aliphatic hydroxyl groups excluding tert-OH is 1. The van der Waals surface area contributed by atoms with Crippen LogP contribution in [0.25, 0.3) is 0 Å². The number of nitrogens with zero attached hydrogens (tertiary/aromatic N) is 2. The molecule has 0 saturated carbocycles. The summed E-state index contributed by atoms with van der Waals surface area (Å²) < 4.78 is 4.55. The molecule has 0 spiro atoms. The largest absolute Gasteiger partial charge is 0.392 e. The van der Waals surface area contributed by atoms with Crippen LogP contribution in [0.1, 0.15) is 58.8 Å². The molecule has 0 bridgehead atoms. The molecule has 1 aromatic heterocycles. The summed E-state index contributed by atoms with van der Waals surface area (Å²) in [6.45, 7) is 8.11. The fraction of sp³-hybridized carbons (Fsp3) is 0.824. The Morgan fingerprint density at radius 1 is 1.14 bits per heavy atom. The molecule has 4 nitrogen and oxygen atoms in total. The Hall–Kier alpha value is -0.870. The number of hydrogen-bond donors (Lipinski definition) is 2. The van der Waals surface area contributed by atoms with Gasteiger partial charge in [-0.1, -0.05) is 33.1 Å². The molecule has 0 amide bonds. The molecule has 0 aliphatic carbocycles. The van der Waals surface area contributed by atoms with Crippen LogP contribution < -0.4 is 9.88 Å². The normalized spacial score (nSPS) is 12.7. The molecule has 122 valence electrons. The highest BCUT2D eigenvalue weighted by atomic mass is 16.3. The Kier molecular flexibility index (Phi) is 10.2. The van der Waals surface area contributed by atoms with E-state index in [1.54, 1.807) is 0 Å². The van der Waals surface area contributed by atoms with Crippen molar-refractivity contribution in [2.75, 3.05) is 13.1 Å². The lowest BCUT2D eigenvalue weighted by atomic mass is 10.1. The second-order valence-electron chi connectivity index (χ2n) is 5.92. The zero-order valence-corrected chi connectivity index (χ0v) is 13.9. The van der Waals surface area contributed by atoms with Crippen molar-refractivity contribution in [1.29, 1.82) is 0 Å². The van der Waals surface area contributed by atoms with Crippen molar-refractivity contribution < 1.29 is 9.67 Å². The van der Waals surface area contributed by atoms with Crippen molar-refractivity contribution in [3.8, 4) is 0 Å². The van der Waals surface area contributed by atoms with Gasteiger partial charge in [-0.25, -0.2) is 9.13 Å². The second-order valence-corrected chi connectivity index (χ2v) is 5.92. The monoisotopic (exact) mass is 296 g/mol. The van der Waals surface area contributed by atoms with Crippen molar-refractivity contribution >= 4 is 0 Å². The van der Waals surface area contributed by atoms with Crippen LogP contribution in [0.5, 0.6) is 0 Å². The third-order valence-corrected chi connectivity index (χ3v) is 3.89. The molecule has 0 aliphatic rings. The molecule has 1 unspecified atom stereocenters. The van der Waals surface area contributed by atoms with Crippen LogP contribution in [-0.2, 0) is 13.1 Å².